The van der Waals surface area contributed by atoms with E-state index >= 15 is 0 Å². The Morgan fingerprint density at radius 2 is 1.77 bits per heavy atom. The normalized spacial score (nSPS) is 20.6. The molecule has 1 aromatic carbocycles. The van der Waals surface area contributed by atoms with Gasteiger partial charge < -0.3 is 4.74 Å². The van der Waals surface area contributed by atoms with E-state index in [1.165, 1.54) is 32.1 Å². The largest absolute Gasteiger partial charge is 0.496 e. The molecule has 1 atom stereocenters. The molecule has 7 heteroatoms. The van der Waals surface area contributed by atoms with Crippen LogP contribution >= 0.6 is 0 Å². The van der Waals surface area contributed by atoms with Gasteiger partial charge in [0.05, 0.1) is 12.6 Å². The van der Waals surface area contributed by atoms with Gasteiger partial charge >= 0.3 is 0 Å². The van der Waals surface area contributed by atoms with E-state index in [2.05, 4.69) is 58.2 Å². The summed E-state index contributed by atoms with van der Waals surface area (Å²) in [5.74, 6) is 1.80. The lowest BCUT2D eigenvalue weighted by Gasteiger charge is -2.43. The number of benzene rings is 1. The average molecular weight is 427 g/mol. The molecule has 1 saturated carbocycles. The number of methoxy groups -OCH3 is 1. The number of rotatable bonds is 7. The minimum Gasteiger partial charge on any atom is -0.496 e. The first-order valence-electron chi connectivity index (χ1n) is 11.9. The van der Waals surface area contributed by atoms with E-state index in [0.717, 1.165) is 55.8 Å². The summed E-state index contributed by atoms with van der Waals surface area (Å²) in [6.07, 6.45) is 7.85. The third-order valence-corrected chi connectivity index (χ3v) is 7.42. The van der Waals surface area contributed by atoms with Gasteiger partial charge in [0, 0.05) is 37.8 Å². The van der Waals surface area contributed by atoms with E-state index < -0.39 is 0 Å². The minimum absolute atomic E-state index is 0.0227. The van der Waals surface area contributed by atoms with Crippen LogP contribution in [-0.2, 0) is 5.54 Å². The molecule has 0 amide bonds. The quantitative estimate of drug-likeness (QED) is 0.670. The van der Waals surface area contributed by atoms with E-state index in [9.17, 15) is 0 Å². The highest BCUT2D eigenvalue weighted by molar-refractivity contribution is 5.39. The van der Waals surface area contributed by atoms with Crippen molar-refractivity contribution in [2.75, 3.05) is 33.3 Å². The topological polar surface area (TPSA) is 59.3 Å². The first kappa shape index (κ1) is 22.2. The lowest BCUT2D eigenvalue weighted by atomic mass is 9.93. The molecule has 1 aliphatic heterocycles. The summed E-state index contributed by atoms with van der Waals surface area (Å²) in [6, 6.07) is 9.06. The van der Waals surface area contributed by atoms with Crippen LogP contribution in [0, 0.1) is 0 Å². The molecular weight excluding hydrogens is 388 g/mol. The number of hydrogen-bond donors (Lipinski definition) is 0. The summed E-state index contributed by atoms with van der Waals surface area (Å²) in [5, 5.41) is 13.1. The van der Waals surface area contributed by atoms with Crippen molar-refractivity contribution in [3.8, 4) is 5.75 Å². The fourth-order valence-electron chi connectivity index (χ4n) is 5.14. The van der Waals surface area contributed by atoms with Gasteiger partial charge in [0.1, 0.15) is 11.8 Å². The molecule has 2 aliphatic rings. The zero-order valence-corrected chi connectivity index (χ0v) is 19.6. The smallest absolute Gasteiger partial charge is 0.173 e. The van der Waals surface area contributed by atoms with Gasteiger partial charge in [-0.25, -0.2) is 4.68 Å². The third kappa shape index (κ3) is 4.62. The summed E-state index contributed by atoms with van der Waals surface area (Å²) in [4.78, 5) is 5.26. The van der Waals surface area contributed by atoms with Gasteiger partial charge in [-0.15, -0.1) is 5.10 Å². The van der Waals surface area contributed by atoms with Crippen molar-refractivity contribution in [3.05, 3.63) is 35.7 Å². The molecule has 2 heterocycles. The fourth-order valence-corrected chi connectivity index (χ4v) is 5.14. The second-order valence-electron chi connectivity index (χ2n) is 9.62. The van der Waals surface area contributed by atoms with E-state index in [1.54, 1.807) is 7.11 Å². The molecule has 7 nitrogen and oxygen atoms in total. The second-order valence-corrected chi connectivity index (χ2v) is 9.62. The van der Waals surface area contributed by atoms with Crippen molar-refractivity contribution in [2.24, 2.45) is 0 Å². The number of aromatic nitrogens is 4. The molecule has 31 heavy (non-hydrogen) atoms. The van der Waals surface area contributed by atoms with Crippen molar-refractivity contribution in [3.63, 3.8) is 0 Å². The van der Waals surface area contributed by atoms with Gasteiger partial charge in [-0.2, -0.15) is 0 Å². The number of nitrogens with zero attached hydrogens (tertiary/aromatic N) is 6. The highest BCUT2D eigenvalue weighted by atomic mass is 16.5. The number of para-hydroxylation sites is 1. The van der Waals surface area contributed by atoms with Crippen molar-refractivity contribution >= 4 is 0 Å². The molecular formula is C24H38N6O. The summed E-state index contributed by atoms with van der Waals surface area (Å²) >= 11 is 0. The minimum atomic E-state index is -0.150. The van der Waals surface area contributed by atoms with Crippen LogP contribution in [0.5, 0.6) is 5.75 Å². The molecule has 2 aromatic rings. The molecule has 1 unspecified atom stereocenters. The van der Waals surface area contributed by atoms with Gasteiger partial charge in [-0.1, -0.05) is 44.4 Å². The standard InChI is InChI=1S/C24H38N6O/c1-5-24(2,3)30-23(25-26-27-30)22(20-13-9-10-14-21(20)31-4)29-17-15-28(16-18-29)19-11-7-6-8-12-19/h9-10,13-14,19,22H,5-8,11-12,15-18H2,1-4H3. The molecule has 2 fully saturated rings. The van der Waals surface area contributed by atoms with Crippen molar-refractivity contribution in [1.29, 1.82) is 0 Å². The van der Waals surface area contributed by atoms with Gasteiger partial charge in [-0.3, -0.25) is 9.80 Å². The molecule has 1 aliphatic carbocycles. The van der Waals surface area contributed by atoms with E-state index in [0.29, 0.717) is 0 Å². The van der Waals surface area contributed by atoms with Crippen LogP contribution in [0.1, 0.15) is 76.7 Å². The predicted octanol–water partition coefficient (Wildman–Crippen LogP) is 3.87. The van der Waals surface area contributed by atoms with Gasteiger partial charge in [0.25, 0.3) is 0 Å². The number of hydrogen-bond acceptors (Lipinski definition) is 6. The third-order valence-electron chi connectivity index (χ3n) is 7.42. The van der Waals surface area contributed by atoms with Gasteiger partial charge in [0.15, 0.2) is 5.82 Å². The van der Waals surface area contributed by atoms with E-state index in [-0.39, 0.29) is 11.6 Å². The average Bonchev–Trinajstić information content (AvgIpc) is 3.31. The molecule has 0 spiro atoms. The maximum Gasteiger partial charge on any atom is 0.173 e. The van der Waals surface area contributed by atoms with Crippen LogP contribution in [0.4, 0.5) is 0 Å². The second kappa shape index (κ2) is 9.65. The maximum atomic E-state index is 5.77. The Bertz CT molecular complexity index is 836. The fraction of sp³-hybridized carbons (Fsp3) is 0.708. The molecule has 4 rings (SSSR count). The predicted molar refractivity (Wildman–Crippen MR) is 122 cm³/mol. The van der Waals surface area contributed by atoms with Crippen LogP contribution < -0.4 is 4.74 Å². The Labute approximate surface area is 186 Å². The highest BCUT2D eigenvalue weighted by Gasteiger charge is 2.36. The van der Waals surface area contributed by atoms with Crippen molar-refractivity contribution < 1.29 is 4.74 Å². The van der Waals surface area contributed by atoms with Gasteiger partial charge in [0.2, 0.25) is 0 Å². The number of tetrazole rings is 1. The number of piperazine rings is 1. The summed E-state index contributed by atoms with van der Waals surface area (Å²) in [5.41, 5.74) is 0.988. The molecule has 0 bridgehead atoms. The molecule has 0 radical (unpaired) electrons. The Morgan fingerprint density at radius 1 is 1.06 bits per heavy atom. The van der Waals surface area contributed by atoms with Crippen molar-refractivity contribution in [1.82, 2.24) is 30.0 Å². The van der Waals surface area contributed by atoms with Crippen LogP contribution in [0.3, 0.4) is 0 Å². The lowest BCUT2D eigenvalue weighted by Crippen LogP contribution is -2.52. The number of ether oxygens (including phenoxy) is 1. The first-order chi connectivity index (χ1) is 15.0. The zero-order valence-electron chi connectivity index (χ0n) is 19.6. The molecule has 1 aromatic heterocycles. The maximum absolute atomic E-state index is 5.77. The van der Waals surface area contributed by atoms with Crippen LogP contribution in [0.15, 0.2) is 24.3 Å². The molecule has 1 saturated heterocycles. The monoisotopic (exact) mass is 426 g/mol. The van der Waals surface area contributed by atoms with E-state index in [1.807, 2.05) is 16.8 Å². The van der Waals surface area contributed by atoms with Crippen LogP contribution in [0.2, 0.25) is 0 Å². The molecule has 170 valence electrons. The summed E-state index contributed by atoms with van der Waals surface area (Å²) < 4.78 is 7.79. The highest BCUT2D eigenvalue weighted by Crippen LogP contribution is 2.36. The summed E-state index contributed by atoms with van der Waals surface area (Å²) in [7, 11) is 1.75. The van der Waals surface area contributed by atoms with Crippen LogP contribution in [-0.4, -0.2) is 69.3 Å². The Hall–Kier alpha value is -1.99. The van der Waals surface area contributed by atoms with Crippen molar-refractivity contribution in [2.45, 2.75) is 76.9 Å². The molecule has 0 N–H and O–H groups in total. The van der Waals surface area contributed by atoms with Crippen LogP contribution in [0.25, 0.3) is 0 Å². The Morgan fingerprint density at radius 3 is 2.45 bits per heavy atom. The lowest BCUT2D eigenvalue weighted by molar-refractivity contribution is 0.0600. The Balaban J connectivity index is 1.64. The SMILES string of the molecule is CCC(C)(C)n1nnnc1C(c1ccccc1OC)N1CCN(C2CCCCC2)CC1. The Kier molecular flexibility index (Phi) is 6.92. The van der Waals surface area contributed by atoms with Gasteiger partial charge in [-0.05, 0) is 49.6 Å². The first-order valence-corrected chi connectivity index (χ1v) is 11.9. The zero-order chi connectivity index (χ0) is 21.8. The summed E-state index contributed by atoms with van der Waals surface area (Å²) in [6.45, 7) is 10.8. The van der Waals surface area contributed by atoms with E-state index in [4.69, 9.17) is 4.74 Å².